The van der Waals surface area contributed by atoms with Gasteiger partial charge in [0.25, 0.3) is 0 Å². The van der Waals surface area contributed by atoms with Crippen molar-refractivity contribution in [1.29, 1.82) is 0 Å². The van der Waals surface area contributed by atoms with Crippen molar-refractivity contribution < 1.29 is 0 Å². The molecule has 0 aromatic heterocycles. The van der Waals surface area contributed by atoms with Crippen LogP contribution in [0.4, 0.5) is 5.69 Å². The number of benzene rings is 2. The van der Waals surface area contributed by atoms with Crippen molar-refractivity contribution in [2.24, 2.45) is 5.73 Å². The second-order valence-corrected chi connectivity index (χ2v) is 6.80. The van der Waals surface area contributed by atoms with E-state index in [0.717, 1.165) is 20.2 Å². The lowest BCUT2D eigenvalue weighted by atomic mass is 10.1. The minimum absolute atomic E-state index is 0.0391. The van der Waals surface area contributed by atoms with E-state index in [0.29, 0.717) is 11.6 Å². The molecule has 1 unspecified atom stereocenters. The summed E-state index contributed by atoms with van der Waals surface area (Å²) in [4.78, 5) is 0. The van der Waals surface area contributed by atoms with Gasteiger partial charge in [0, 0.05) is 21.2 Å². The van der Waals surface area contributed by atoms with Crippen LogP contribution in [0.5, 0.6) is 0 Å². The lowest BCUT2D eigenvalue weighted by molar-refractivity contribution is 0.789. The molecule has 0 amide bonds. The highest BCUT2D eigenvalue weighted by atomic mass is 79.9. The number of hydrogen-bond acceptors (Lipinski definition) is 2. The third kappa shape index (κ3) is 3.98. The molecule has 1 atom stereocenters. The van der Waals surface area contributed by atoms with Crippen molar-refractivity contribution in [2.45, 2.75) is 13.0 Å². The van der Waals surface area contributed by atoms with E-state index in [1.165, 1.54) is 5.56 Å². The van der Waals surface area contributed by atoms with Crippen molar-refractivity contribution in [3.63, 3.8) is 0 Å². The van der Waals surface area contributed by atoms with Gasteiger partial charge in [-0.25, -0.2) is 0 Å². The lowest BCUT2D eigenvalue weighted by Crippen LogP contribution is -2.20. The summed E-state index contributed by atoms with van der Waals surface area (Å²) >= 11 is 13.0. The zero-order valence-corrected chi connectivity index (χ0v) is 14.9. The summed E-state index contributed by atoms with van der Waals surface area (Å²) in [5.41, 5.74) is 9.22. The molecule has 2 rings (SSSR count). The molecule has 5 heteroatoms. The van der Waals surface area contributed by atoms with Crippen LogP contribution in [0.3, 0.4) is 0 Å². The fraction of sp³-hybridized carbons (Fsp3) is 0.200. The zero-order valence-electron chi connectivity index (χ0n) is 11.0. The molecule has 0 aliphatic carbocycles. The van der Waals surface area contributed by atoms with Crippen LogP contribution in [0.1, 0.15) is 17.2 Å². The summed E-state index contributed by atoms with van der Waals surface area (Å²) in [6.45, 7) is 2.56. The second kappa shape index (κ2) is 6.94. The summed E-state index contributed by atoms with van der Waals surface area (Å²) < 4.78 is 1.93. The molecule has 0 fully saturated rings. The summed E-state index contributed by atoms with van der Waals surface area (Å²) in [5.74, 6) is 0. The standard InChI is InChI=1S/C15H15Br2ClN2/c1-9-4-11(16)7-12(5-9)20-15(8-19)10-2-3-14(18)13(17)6-10/h2-7,15,20H,8,19H2,1H3. The Bertz CT molecular complexity index is 597. The van der Waals surface area contributed by atoms with Crippen molar-refractivity contribution in [3.05, 3.63) is 61.5 Å². The predicted octanol–water partition coefficient (Wildman–Crippen LogP) is 5.29. The maximum atomic E-state index is 6.03. The minimum Gasteiger partial charge on any atom is -0.377 e. The summed E-state index contributed by atoms with van der Waals surface area (Å²) in [5, 5.41) is 4.15. The van der Waals surface area contributed by atoms with Gasteiger partial charge in [-0.15, -0.1) is 0 Å². The molecule has 0 aliphatic heterocycles. The quantitative estimate of drug-likeness (QED) is 0.708. The smallest absolute Gasteiger partial charge is 0.0636 e. The number of halogens is 3. The van der Waals surface area contributed by atoms with E-state index >= 15 is 0 Å². The lowest BCUT2D eigenvalue weighted by Gasteiger charge is -2.20. The van der Waals surface area contributed by atoms with Gasteiger partial charge in [-0.1, -0.05) is 33.6 Å². The highest BCUT2D eigenvalue weighted by Crippen LogP contribution is 2.28. The average molecular weight is 419 g/mol. The first-order valence-electron chi connectivity index (χ1n) is 6.18. The van der Waals surface area contributed by atoms with Gasteiger partial charge < -0.3 is 11.1 Å². The Hall–Kier alpha value is -0.550. The van der Waals surface area contributed by atoms with Crippen LogP contribution in [0.15, 0.2) is 45.3 Å². The molecule has 3 N–H and O–H groups in total. The number of hydrogen-bond donors (Lipinski definition) is 2. The molecule has 0 bridgehead atoms. The van der Waals surface area contributed by atoms with E-state index in [-0.39, 0.29) is 6.04 Å². The van der Waals surface area contributed by atoms with Gasteiger partial charge in [-0.2, -0.15) is 0 Å². The number of aryl methyl sites for hydroxylation is 1. The number of nitrogens with two attached hydrogens (primary N) is 1. The highest BCUT2D eigenvalue weighted by Gasteiger charge is 2.11. The van der Waals surface area contributed by atoms with Gasteiger partial charge in [0.05, 0.1) is 11.1 Å². The van der Waals surface area contributed by atoms with Gasteiger partial charge in [0.2, 0.25) is 0 Å². The maximum absolute atomic E-state index is 6.03. The molecule has 0 radical (unpaired) electrons. The monoisotopic (exact) mass is 416 g/mol. The van der Waals surface area contributed by atoms with Crippen molar-refractivity contribution in [3.8, 4) is 0 Å². The van der Waals surface area contributed by atoms with Crippen LogP contribution >= 0.6 is 43.5 Å². The van der Waals surface area contributed by atoms with Gasteiger partial charge in [0.1, 0.15) is 0 Å². The van der Waals surface area contributed by atoms with Crippen LogP contribution in [0, 0.1) is 6.92 Å². The molecular formula is C15H15Br2ClN2. The molecule has 0 aliphatic rings. The Morgan fingerprint density at radius 1 is 1.20 bits per heavy atom. The van der Waals surface area contributed by atoms with Crippen LogP contribution in [-0.4, -0.2) is 6.54 Å². The van der Waals surface area contributed by atoms with Crippen molar-refractivity contribution >= 4 is 49.1 Å². The predicted molar refractivity (Wildman–Crippen MR) is 93.4 cm³/mol. The maximum Gasteiger partial charge on any atom is 0.0636 e. The molecule has 0 heterocycles. The van der Waals surface area contributed by atoms with Gasteiger partial charge in [-0.3, -0.25) is 0 Å². The van der Waals surface area contributed by atoms with Gasteiger partial charge in [-0.05, 0) is 64.3 Å². The van der Waals surface area contributed by atoms with E-state index in [1.54, 1.807) is 0 Å². The van der Waals surface area contributed by atoms with E-state index in [1.807, 2.05) is 24.3 Å². The number of nitrogens with one attached hydrogen (secondary N) is 1. The Morgan fingerprint density at radius 2 is 1.95 bits per heavy atom. The molecule has 2 nitrogen and oxygen atoms in total. The number of anilines is 1. The normalized spacial score (nSPS) is 12.2. The molecule has 106 valence electrons. The largest absolute Gasteiger partial charge is 0.377 e. The van der Waals surface area contributed by atoms with Gasteiger partial charge >= 0.3 is 0 Å². The molecule has 0 saturated carbocycles. The van der Waals surface area contributed by atoms with E-state index in [9.17, 15) is 0 Å². The van der Waals surface area contributed by atoms with Crippen LogP contribution < -0.4 is 11.1 Å². The summed E-state index contributed by atoms with van der Waals surface area (Å²) in [6, 6.07) is 12.1. The Kier molecular flexibility index (Phi) is 5.49. The van der Waals surface area contributed by atoms with E-state index < -0.39 is 0 Å². The first-order chi connectivity index (χ1) is 9.49. The second-order valence-electron chi connectivity index (χ2n) is 4.62. The molecule has 20 heavy (non-hydrogen) atoms. The van der Waals surface area contributed by atoms with Gasteiger partial charge in [0.15, 0.2) is 0 Å². The van der Waals surface area contributed by atoms with Crippen molar-refractivity contribution in [2.75, 3.05) is 11.9 Å². The SMILES string of the molecule is Cc1cc(Br)cc(NC(CN)c2ccc(Cl)c(Br)c2)c1. The summed E-state index contributed by atoms with van der Waals surface area (Å²) in [6.07, 6.45) is 0. The Balaban J connectivity index is 2.26. The fourth-order valence-corrected chi connectivity index (χ4v) is 3.15. The third-order valence-electron chi connectivity index (χ3n) is 2.96. The fourth-order valence-electron chi connectivity index (χ4n) is 2.03. The molecule has 2 aromatic carbocycles. The van der Waals surface area contributed by atoms with Crippen LogP contribution in [0.2, 0.25) is 5.02 Å². The Labute approximate surface area is 141 Å². The first-order valence-corrected chi connectivity index (χ1v) is 8.14. The average Bonchev–Trinajstić information content (AvgIpc) is 2.38. The number of rotatable bonds is 4. The first kappa shape index (κ1) is 15.8. The third-order valence-corrected chi connectivity index (χ3v) is 4.64. The van der Waals surface area contributed by atoms with Crippen LogP contribution in [0.25, 0.3) is 0 Å². The molecule has 2 aromatic rings. The topological polar surface area (TPSA) is 38.0 Å². The summed E-state index contributed by atoms with van der Waals surface area (Å²) in [7, 11) is 0. The Morgan fingerprint density at radius 3 is 2.55 bits per heavy atom. The zero-order chi connectivity index (χ0) is 14.7. The minimum atomic E-state index is 0.0391. The molecule has 0 spiro atoms. The highest BCUT2D eigenvalue weighted by molar-refractivity contribution is 9.10. The van der Waals surface area contributed by atoms with E-state index in [2.05, 4.69) is 56.2 Å². The molecular weight excluding hydrogens is 403 g/mol. The van der Waals surface area contributed by atoms with E-state index in [4.69, 9.17) is 17.3 Å². The molecule has 0 saturated heterocycles. The van der Waals surface area contributed by atoms with Crippen molar-refractivity contribution in [1.82, 2.24) is 0 Å². The van der Waals surface area contributed by atoms with Crippen LogP contribution in [-0.2, 0) is 0 Å².